The van der Waals surface area contributed by atoms with Gasteiger partial charge in [0.25, 0.3) is 11.6 Å². The predicted molar refractivity (Wildman–Crippen MR) is 106 cm³/mol. The number of nitrogens with zero attached hydrogens (tertiary/aromatic N) is 6. The highest BCUT2D eigenvalue weighted by atomic mass is 16.6. The molecule has 1 aliphatic rings. The predicted octanol–water partition coefficient (Wildman–Crippen LogP) is 0.624. The van der Waals surface area contributed by atoms with Gasteiger partial charge < -0.3 is 4.90 Å². The third-order valence-electron chi connectivity index (χ3n) is 4.39. The van der Waals surface area contributed by atoms with Crippen LogP contribution in [0.2, 0.25) is 0 Å². The molecule has 0 bridgehead atoms. The van der Waals surface area contributed by atoms with Gasteiger partial charge >= 0.3 is 5.69 Å². The monoisotopic (exact) mass is 417 g/mol. The Kier molecular flexibility index (Phi) is 6.29. The molecule has 1 amide bonds. The quantitative estimate of drug-likeness (QED) is 0.426. The van der Waals surface area contributed by atoms with Gasteiger partial charge in [-0.15, -0.1) is 0 Å². The van der Waals surface area contributed by atoms with Crippen molar-refractivity contribution in [2.75, 3.05) is 44.1 Å². The number of rotatable bonds is 7. The van der Waals surface area contributed by atoms with E-state index < -0.39 is 21.4 Å². The zero-order valence-corrected chi connectivity index (χ0v) is 15.9. The second kappa shape index (κ2) is 9.06. The van der Waals surface area contributed by atoms with E-state index >= 15 is 0 Å². The van der Waals surface area contributed by atoms with E-state index in [1.54, 1.807) is 5.01 Å². The number of carbonyl (C=O) groups is 1. The van der Waals surface area contributed by atoms with Crippen LogP contribution in [0.5, 0.6) is 0 Å². The summed E-state index contributed by atoms with van der Waals surface area (Å²) in [5.74, 6) is -0.975. The summed E-state index contributed by atoms with van der Waals surface area (Å²) in [6.45, 7) is 2.86. The Hall–Kier alpha value is -3.91. The lowest BCUT2D eigenvalue weighted by Crippen LogP contribution is -2.47. The van der Waals surface area contributed by atoms with Crippen LogP contribution in [0.25, 0.3) is 0 Å². The van der Waals surface area contributed by atoms with Gasteiger partial charge in [-0.25, -0.2) is 15.0 Å². The number of aromatic nitrogens is 2. The van der Waals surface area contributed by atoms with Crippen molar-refractivity contribution >= 4 is 28.9 Å². The molecule has 3 rings (SSSR count). The van der Waals surface area contributed by atoms with Crippen LogP contribution in [-0.4, -0.2) is 68.9 Å². The molecule has 0 unspecified atom stereocenters. The van der Waals surface area contributed by atoms with Crippen molar-refractivity contribution in [3.05, 3.63) is 56.4 Å². The Morgan fingerprint density at radius 3 is 2.43 bits per heavy atom. The SMILES string of the molecule is CN1CCN(Nc2ncnc(NNC(=O)c3cccc([N+](=O)[O-])c3)c2[N+](=O)[O-])CC1. The second-order valence-corrected chi connectivity index (χ2v) is 6.47. The molecule has 1 aromatic carbocycles. The third-order valence-corrected chi connectivity index (χ3v) is 4.39. The number of hydrogen-bond acceptors (Lipinski definition) is 11. The molecule has 1 fully saturated rings. The molecule has 1 aromatic heterocycles. The van der Waals surface area contributed by atoms with E-state index in [1.807, 2.05) is 7.05 Å². The van der Waals surface area contributed by atoms with Gasteiger partial charge in [-0.3, -0.25) is 41.3 Å². The average molecular weight is 417 g/mol. The maximum atomic E-state index is 12.3. The fourth-order valence-electron chi connectivity index (χ4n) is 2.74. The van der Waals surface area contributed by atoms with Gasteiger partial charge in [0, 0.05) is 43.9 Å². The number of anilines is 2. The largest absolute Gasteiger partial charge is 0.356 e. The van der Waals surface area contributed by atoms with Crippen LogP contribution in [-0.2, 0) is 0 Å². The number of hydrogen-bond donors (Lipinski definition) is 3. The van der Waals surface area contributed by atoms with E-state index in [-0.39, 0.29) is 22.9 Å². The lowest BCUT2D eigenvalue weighted by molar-refractivity contribution is -0.384. The number of amides is 1. The number of nitro benzene ring substituents is 1. The van der Waals surface area contributed by atoms with Gasteiger partial charge in [-0.05, 0) is 13.1 Å². The highest BCUT2D eigenvalue weighted by Crippen LogP contribution is 2.28. The van der Waals surface area contributed by atoms with Crippen molar-refractivity contribution in [1.29, 1.82) is 0 Å². The summed E-state index contributed by atoms with van der Waals surface area (Å²) in [4.78, 5) is 43.3. The molecule has 30 heavy (non-hydrogen) atoms. The van der Waals surface area contributed by atoms with E-state index in [9.17, 15) is 25.0 Å². The first kappa shape index (κ1) is 20.8. The van der Waals surface area contributed by atoms with Gasteiger partial charge in [-0.1, -0.05) is 6.07 Å². The number of nitro groups is 2. The maximum Gasteiger partial charge on any atom is 0.356 e. The van der Waals surface area contributed by atoms with Crippen molar-refractivity contribution < 1.29 is 14.6 Å². The van der Waals surface area contributed by atoms with Crippen molar-refractivity contribution in [3.63, 3.8) is 0 Å². The molecule has 158 valence electrons. The normalized spacial score (nSPS) is 14.7. The molecule has 14 heteroatoms. The molecule has 3 N–H and O–H groups in total. The smallest absolute Gasteiger partial charge is 0.304 e. The summed E-state index contributed by atoms with van der Waals surface area (Å²) < 4.78 is 0. The van der Waals surface area contributed by atoms with Crippen LogP contribution in [0.3, 0.4) is 0 Å². The zero-order chi connectivity index (χ0) is 21.7. The van der Waals surface area contributed by atoms with Crippen molar-refractivity contribution in [1.82, 2.24) is 25.3 Å². The number of non-ortho nitro benzene ring substituents is 1. The average Bonchev–Trinajstić information content (AvgIpc) is 2.73. The molecule has 0 aliphatic carbocycles. The minimum atomic E-state index is -0.722. The summed E-state index contributed by atoms with van der Waals surface area (Å²) in [5, 5.41) is 24.3. The molecule has 0 radical (unpaired) electrons. The summed E-state index contributed by atoms with van der Waals surface area (Å²) in [6, 6.07) is 5.07. The molecule has 0 atom stereocenters. The first-order valence-corrected chi connectivity index (χ1v) is 8.85. The van der Waals surface area contributed by atoms with Crippen LogP contribution in [0.15, 0.2) is 30.6 Å². The number of hydrazine groups is 2. The molecule has 0 spiro atoms. The lowest BCUT2D eigenvalue weighted by atomic mass is 10.2. The zero-order valence-electron chi connectivity index (χ0n) is 15.9. The van der Waals surface area contributed by atoms with Gasteiger partial charge in [-0.2, -0.15) is 0 Å². The molecular formula is C16H19N9O5. The van der Waals surface area contributed by atoms with Crippen molar-refractivity contribution in [3.8, 4) is 0 Å². The van der Waals surface area contributed by atoms with E-state index in [0.29, 0.717) is 13.1 Å². The van der Waals surface area contributed by atoms with E-state index in [0.717, 1.165) is 25.5 Å². The van der Waals surface area contributed by atoms with Crippen LogP contribution in [0.1, 0.15) is 10.4 Å². The molecule has 1 aliphatic heterocycles. The third kappa shape index (κ3) is 4.92. The first-order valence-electron chi connectivity index (χ1n) is 8.85. The standard InChI is InChI=1S/C16H19N9O5/c1-22-5-7-23(8-6-22)21-15-13(25(29)30)14(17-10-18-15)19-20-16(26)11-3-2-4-12(9-11)24(27)28/h2-4,9-10H,5-8H2,1H3,(H,20,26)(H2,17,18,19,21). The van der Waals surface area contributed by atoms with Crippen LogP contribution in [0.4, 0.5) is 23.0 Å². The first-order chi connectivity index (χ1) is 14.3. The molecular weight excluding hydrogens is 398 g/mol. The van der Waals surface area contributed by atoms with Crippen LogP contribution >= 0.6 is 0 Å². The Labute approximate surface area is 170 Å². The summed E-state index contributed by atoms with van der Waals surface area (Å²) in [6.07, 6.45) is 1.12. The number of carbonyl (C=O) groups excluding carboxylic acids is 1. The fourth-order valence-corrected chi connectivity index (χ4v) is 2.74. The second-order valence-electron chi connectivity index (χ2n) is 6.47. The van der Waals surface area contributed by atoms with E-state index in [4.69, 9.17) is 0 Å². The number of nitrogens with one attached hydrogen (secondary N) is 3. The van der Waals surface area contributed by atoms with Crippen LogP contribution in [0, 0.1) is 20.2 Å². The number of piperazine rings is 1. The van der Waals surface area contributed by atoms with Gasteiger partial charge in [0.05, 0.1) is 9.85 Å². The van der Waals surface area contributed by atoms with Gasteiger partial charge in [0.15, 0.2) is 0 Å². The molecule has 2 aromatic rings. The lowest BCUT2D eigenvalue weighted by Gasteiger charge is -2.32. The summed E-state index contributed by atoms with van der Waals surface area (Å²) in [7, 11) is 1.98. The Balaban J connectivity index is 1.74. The van der Waals surface area contributed by atoms with Crippen molar-refractivity contribution in [2.45, 2.75) is 0 Å². The summed E-state index contributed by atoms with van der Waals surface area (Å²) >= 11 is 0. The van der Waals surface area contributed by atoms with Crippen LogP contribution < -0.4 is 16.3 Å². The maximum absolute atomic E-state index is 12.3. The number of likely N-dealkylation sites (N-methyl/N-ethyl adjacent to an activating group) is 1. The van der Waals surface area contributed by atoms with Gasteiger partial charge in [0.2, 0.25) is 11.6 Å². The molecule has 14 nitrogen and oxygen atoms in total. The Bertz CT molecular complexity index is 962. The fraction of sp³-hybridized carbons (Fsp3) is 0.312. The van der Waals surface area contributed by atoms with E-state index in [2.05, 4.69) is 31.1 Å². The van der Waals surface area contributed by atoms with Crippen molar-refractivity contribution in [2.24, 2.45) is 0 Å². The Morgan fingerprint density at radius 1 is 1.07 bits per heavy atom. The summed E-state index contributed by atoms with van der Waals surface area (Å²) in [5.41, 5.74) is 6.87. The van der Waals surface area contributed by atoms with Gasteiger partial charge in [0.1, 0.15) is 6.33 Å². The highest BCUT2D eigenvalue weighted by Gasteiger charge is 2.26. The Morgan fingerprint density at radius 2 is 1.77 bits per heavy atom. The topological polar surface area (TPSA) is 172 Å². The minimum Gasteiger partial charge on any atom is -0.304 e. The molecule has 2 heterocycles. The molecule has 1 saturated heterocycles. The minimum absolute atomic E-state index is 0.00388. The van der Waals surface area contributed by atoms with E-state index in [1.165, 1.54) is 18.2 Å². The molecule has 0 saturated carbocycles. The highest BCUT2D eigenvalue weighted by molar-refractivity contribution is 5.95. The number of benzene rings is 1.